The van der Waals surface area contributed by atoms with Gasteiger partial charge in [-0.05, 0) is 18.9 Å². The molecule has 0 atom stereocenters. The van der Waals surface area contributed by atoms with Crippen molar-refractivity contribution < 1.29 is 9.13 Å². The molecule has 0 aliphatic carbocycles. The molecule has 2 rings (SSSR count). The first-order valence-corrected chi connectivity index (χ1v) is 5.68. The number of rotatable bonds is 2. The molecular formula is C11H14ClFN2O. The lowest BCUT2D eigenvalue weighted by Crippen LogP contribution is -2.37. The summed E-state index contributed by atoms with van der Waals surface area (Å²) in [6.45, 7) is 1.45. The molecule has 1 fully saturated rings. The van der Waals surface area contributed by atoms with Gasteiger partial charge in [-0.2, -0.15) is 0 Å². The summed E-state index contributed by atoms with van der Waals surface area (Å²) < 4.78 is 18.9. The van der Waals surface area contributed by atoms with Crippen LogP contribution in [0.1, 0.15) is 12.8 Å². The number of pyridine rings is 1. The van der Waals surface area contributed by atoms with Crippen LogP contribution in [0.25, 0.3) is 0 Å². The normalized spacial score (nSPS) is 17.4. The zero-order chi connectivity index (χ0) is 11.5. The number of aromatic nitrogens is 1. The highest BCUT2D eigenvalue weighted by Gasteiger charge is 2.21. The van der Waals surface area contributed by atoms with Crippen LogP contribution in [0.15, 0.2) is 12.3 Å². The molecule has 0 aromatic carbocycles. The van der Waals surface area contributed by atoms with Crippen molar-refractivity contribution in [3.8, 4) is 0 Å². The maximum absolute atomic E-state index is 13.6. The van der Waals surface area contributed by atoms with Crippen LogP contribution in [-0.4, -0.2) is 31.3 Å². The molecule has 1 aliphatic heterocycles. The smallest absolute Gasteiger partial charge is 0.167 e. The molecule has 3 nitrogen and oxygen atoms in total. The van der Waals surface area contributed by atoms with Crippen molar-refractivity contribution in [1.82, 2.24) is 4.98 Å². The SMILES string of the molecule is CN(c1ncc(Cl)cc1F)C1CCOCC1. The van der Waals surface area contributed by atoms with Crippen LogP contribution >= 0.6 is 11.6 Å². The Morgan fingerprint density at radius 2 is 2.19 bits per heavy atom. The molecule has 1 aliphatic rings. The molecule has 5 heteroatoms. The van der Waals surface area contributed by atoms with Gasteiger partial charge in [0.2, 0.25) is 0 Å². The molecule has 0 amide bonds. The van der Waals surface area contributed by atoms with Crippen LogP contribution in [0.4, 0.5) is 10.2 Å². The second kappa shape index (κ2) is 4.97. The Kier molecular flexibility index (Phi) is 3.61. The zero-order valence-electron chi connectivity index (χ0n) is 9.12. The Morgan fingerprint density at radius 1 is 1.50 bits per heavy atom. The van der Waals surface area contributed by atoms with Gasteiger partial charge in [0, 0.05) is 32.5 Å². The predicted molar refractivity (Wildman–Crippen MR) is 61.4 cm³/mol. The van der Waals surface area contributed by atoms with Crippen molar-refractivity contribution in [2.75, 3.05) is 25.2 Å². The van der Waals surface area contributed by atoms with Gasteiger partial charge in [0.05, 0.1) is 5.02 Å². The summed E-state index contributed by atoms with van der Waals surface area (Å²) in [7, 11) is 1.86. The average Bonchev–Trinajstić information content (AvgIpc) is 2.29. The number of hydrogen-bond acceptors (Lipinski definition) is 3. The molecule has 2 heterocycles. The third-order valence-corrected chi connectivity index (χ3v) is 3.07. The second-order valence-corrected chi connectivity index (χ2v) is 4.35. The number of ether oxygens (including phenoxy) is 1. The van der Waals surface area contributed by atoms with E-state index >= 15 is 0 Å². The summed E-state index contributed by atoms with van der Waals surface area (Å²) in [4.78, 5) is 5.90. The number of anilines is 1. The highest BCUT2D eigenvalue weighted by molar-refractivity contribution is 6.30. The largest absolute Gasteiger partial charge is 0.381 e. The van der Waals surface area contributed by atoms with Crippen molar-refractivity contribution in [2.24, 2.45) is 0 Å². The molecule has 0 unspecified atom stereocenters. The van der Waals surface area contributed by atoms with Crippen LogP contribution in [-0.2, 0) is 4.74 Å². The van der Waals surface area contributed by atoms with Gasteiger partial charge >= 0.3 is 0 Å². The molecule has 0 saturated carbocycles. The van der Waals surface area contributed by atoms with Gasteiger partial charge < -0.3 is 9.64 Å². The van der Waals surface area contributed by atoms with E-state index in [0.717, 1.165) is 26.1 Å². The Labute approximate surface area is 99.2 Å². The summed E-state index contributed by atoms with van der Waals surface area (Å²) >= 11 is 5.67. The van der Waals surface area contributed by atoms with Gasteiger partial charge in [0.15, 0.2) is 11.6 Å². The van der Waals surface area contributed by atoms with Crippen LogP contribution in [0, 0.1) is 5.82 Å². The fraction of sp³-hybridized carbons (Fsp3) is 0.545. The van der Waals surface area contributed by atoms with E-state index in [2.05, 4.69) is 4.98 Å². The van der Waals surface area contributed by atoms with Crippen molar-refractivity contribution in [3.63, 3.8) is 0 Å². The summed E-state index contributed by atoms with van der Waals surface area (Å²) in [5.41, 5.74) is 0. The molecule has 0 bridgehead atoms. The Balaban J connectivity index is 2.15. The summed E-state index contributed by atoms with van der Waals surface area (Å²) in [6, 6.07) is 1.58. The Hall–Kier alpha value is -0.870. The summed E-state index contributed by atoms with van der Waals surface area (Å²) in [5, 5.41) is 0.321. The van der Waals surface area contributed by atoms with E-state index in [1.807, 2.05) is 11.9 Å². The topological polar surface area (TPSA) is 25.4 Å². The standard InChI is InChI=1S/C11H14ClFN2O/c1-15(9-2-4-16-5-3-9)11-10(13)6-8(12)7-14-11/h6-7,9H,2-5H2,1H3. The van der Waals surface area contributed by atoms with Gasteiger partial charge in [-0.3, -0.25) is 0 Å². The molecule has 1 aromatic heterocycles. The minimum Gasteiger partial charge on any atom is -0.381 e. The molecule has 16 heavy (non-hydrogen) atoms. The van der Waals surface area contributed by atoms with Crippen LogP contribution < -0.4 is 4.90 Å². The van der Waals surface area contributed by atoms with Crippen LogP contribution in [0.2, 0.25) is 5.02 Å². The van der Waals surface area contributed by atoms with E-state index in [9.17, 15) is 4.39 Å². The quantitative estimate of drug-likeness (QED) is 0.799. The van der Waals surface area contributed by atoms with E-state index < -0.39 is 0 Å². The first kappa shape index (κ1) is 11.6. The maximum atomic E-state index is 13.6. The van der Waals surface area contributed by atoms with Gasteiger partial charge in [-0.1, -0.05) is 11.6 Å². The first-order chi connectivity index (χ1) is 7.68. The first-order valence-electron chi connectivity index (χ1n) is 5.30. The van der Waals surface area contributed by atoms with Crippen molar-refractivity contribution >= 4 is 17.4 Å². The fourth-order valence-corrected chi connectivity index (χ4v) is 2.06. The lowest BCUT2D eigenvalue weighted by molar-refractivity contribution is 0.0852. The van der Waals surface area contributed by atoms with Crippen molar-refractivity contribution in [3.05, 3.63) is 23.1 Å². The van der Waals surface area contributed by atoms with Crippen molar-refractivity contribution in [1.29, 1.82) is 0 Å². The third kappa shape index (κ3) is 2.44. The predicted octanol–water partition coefficient (Wildman–Crippen LogP) is 2.49. The number of hydrogen-bond donors (Lipinski definition) is 0. The Morgan fingerprint density at radius 3 is 2.81 bits per heavy atom. The third-order valence-electron chi connectivity index (χ3n) is 2.86. The maximum Gasteiger partial charge on any atom is 0.167 e. The van der Waals surface area contributed by atoms with Gasteiger partial charge in [0.25, 0.3) is 0 Å². The van der Waals surface area contributed by atoms with Gasteiger partial charge in [-0.15, -0.1) is 0 Å². The fourth-order valence-electron chi connectivity index (χ4n) is 1.91. The molecule has 0 N–H and O–H groups in total. The molecule has 0 spiro atoms. The van der Waals surface area contributed by atoms with E-state index in [-0.39, 0.29) is 11.9 Å². The van der Waals surface area contributed by atoms with Gasteiger partial charge in [0.1, 0.15) is 0 Å². The number of halogens is 2. The van der Waals surface area contributed by atoms with Crippen LogP contribution in [0.5, 0.6) is 0 Å². The Bertz CT molecular complexity index is 369. The lowest BCUT2D eigenvalue weighted by atomic mass is 10.1. The highest BCUT2D eigenvalue weighted by Crippen LogP contribution is 2.23. The molecule has 0 radical (unpaired) electrons. The van der Waals surface area contributed by atoms with E-state index in [0.29, 0.717) is 10.8 Å². The number of nitrogens with zero attached hydrogens (tertiary/aromatic N) is 2. The van der Waals surface area contributed by atoms with Gasteiger partial charge in [-0.25, -0.2) is 9.37 Å². The zero-order valence-corrected chi connectivity index (χ0v) is 9.88. The van der Waals surface area contributed by atoms with Crippen molar-refractivity contribution in [2.45, 2.75) is 18.9 Å². The minimum absolute atomic E-state index is 0.289. The molecule has 1 saturated heterocycles. The lowest BCUT2D eigenvalue weighted by Gasteiger charge is -2.32. The van der Waals surface area contributed by atoms with E-state index in [1.54, 1.807) is 0 Å². The molecular weight excluding hydrogens is 231 g/mol. The van der Waals surface area contributed by atoms with E-state index in [4.69, 9.17) is 16.3 Å². The molecule has 1 aromatic rings. The monoisotopic (exact) mass is 244 g/mol. The summed E-state index contributed by atoms with van der Waals surface area (Å²) in [6.07, 6.45) is 3.27. The minimum atomic E-state index is -0.374. The highest BCUT2D eigenvalue weighted by atomic mass is 35.5. The molecule has 88 valence electrons. The van der Waals surface area contributed by atoms with E-state index in [1.165, 1.54) is 12.3 Å². The van der Waals surface area contributed by atoms with Crippen LogP contribution in [0.3, 0.4) is 0 Å². The average molecular weight is 245 g/mol. The summed E-state index contributed by atoms with van der Waals surface area (Å²) in [5.74, 6) is -0.0159. The second-order valence-electron chi connectivity index (χ2n) is 3.91.